The Hall–Kier alpha value is -3.36. The van der Waals surface area contributed by atoms with E-state index in [2.05, 4.69) is 5.32 Å². The largest absolute Gasteiger partial charge is 0.355 e. The van der Waals surface area contributed by atoms with Crippen LogP contribution in [0, 0.1) is 0 Å². The van der Waals surface area contributed by atoms with Gasteiger partial charge in [-0.2, -0.15) is 0 Å². The number of halogens is 1. The van der Waals surface area contributed by atoms with Crippen LogP contribution in [0.15, 0.2) is 83.8 Å². The van der Waals surface area contributed by atoms with Crippen molar-refractivity contribution in [3.8, 4) is 0 Å². The number of nitrogens with one attached hydrogen (secondary N) is 1. The second-order valence-corrected chi connectivity index (χ2v) is 10.9. The third-order valence-electron chi connectivity index (χ3n) is 6.03. The number of carbonyl (C=O) groups is 2. The molecular formula is C28H32ClN3O4S. The van der Waals surface area contributed by atoms with E-state index in [0.717, 1.165) is 21.9 Å². The third kappa shape index (κ3) is 7.11. The lowest BCUT2D eigenvalue weighted by atomic mass is 10.1. The van der Waals surface area contributed by atoms with Crippen molar-refractivity contribution in [1.82, 2.24) is 10.2 Å². The smallest absolute Gasteiger partial charge is 0.264 e. The topological polar surface area (TPSA) is 86.8 Å². The first-order valence-corrected chi connectivity index (χ1v) is 14.0. The molecule has 3 aromatic rings. The number of hydrogen-bond donors (Lipinski definition) is 1. The maximum Gasteiger partial charge on any atom is 0.264 e. The van der Waals surface area contributed by atoms with Crippen LogP contribution in [0.3, 0.4) is 0 Å². The van der Waals surface area contributed by atoms with Gasteiger partial charge in [-0.05, 0) is 67.8 Å². The summed E-state index contributed by atoms with van der Waals surface area (Å²) < 4.78 is 28.5. The summed E-state index contributed by atoms with van der Waals surface area (Å²) in [6, 6.07) is 21.2. The fourth-order valence-corrected chi connectivity index (χ4v) is 5.40. The molecule has 9 heteroatoms. The van der Waals surface area contributed by atoms with Gasteiger partial charge < -0.3 is 10.2 Å². The molecule has 0 spiro atoms. The van der Waals surface area contributed by atoms with Crippen molar-refractivity contribution in [2.24, 2.45) is 0 Å². The van der Waals surface area contributed by atoms with Gasteiger partial charge in [0.05, 0.1) is 10.6 Å². The highest BCUT2D eigenvalue weighted by Crippen LogP contribution is 2.25. The summed E-state index contributed by atoms with van der Waals surface area (Å²) in [4.78, 5) is 27.9. The van der Waals surface area contributed by atoms with Crippen LogP contribution in [0.5, 0.6) is 0 Å². The first-order chi connectivity index (χ1) is 17.7. The molecule has 3 rings (SSSR count). The molecule has 0 bridgehead atoms. The lowest BCUT2D eigenvalue weighted by molar-refractivity contribution is -0.139. The Morgan fingerprint density at radius 1 is 0.892 bits per heavy atom. The van der Waals surface area contributed by atoms with Gasteiger partial charge in [0, 0.05) is 18.1 Å². The summed E-state index contributed by atoms with van der Waals surface area (Å²) >= 11 is 6.01. The number of hydrogen-bond acceptors (Lipinski definition) is 4. The average Bonchev–Trinajstić information content (AvgIpc) is 2.91. The molecule has 0 radical (unpaired) electrons. The third-order valence-corrected chi connectivity index (χ3v) is 8.07. The van der Waals surface area contributed by atoms with E-state index < -0.39 is 28.5 Å². The van der Waals surface area contributed by atoms with Crippen LogP contribution in [0.4, 0.5) is 5.69 Å². The van der Waals surface area contributed by atoms with E-state index in [1.807, 2.05) is 19.1 Å². The minimum atomic E-state index is -4.07. The molecule has 0 fully saturated rings. The predicted molar refractivity (Wildman–Crippen MR) is 147 cm³/mol. The maximum absolute atomic E-state index is 13.8. The lowest BCUT2D eigenvalue weighted by Crippen LogP contribution is -2.51. The van der Waals surface area contributed by atoms with Crippen LogP contribution in [-0.4, -0.2) is 44.3 Å². The fourth-order valence-electron chi connectivity index (χ4n) is 3.84. The van der Waals surface area contributed by atoms with Gasteiger partial charge in [0.25, 0.3) is 10.0 Å². The minimum absolute atomic E-state index is 0.0726. The van der Waals surface area contributed by atoms with Crippen molar-refractivity contribution in [1.29, 1.82) is 0 Å². The van der Waals surface area contributed by atoms with Gasteiger partial charge in [0.1, 0.15) is 12.6 Å². The number of rotatable bonds is 11. The lowest BCUT2D eigenvalue weighted by Gasteiger charge is -2.32. The molecule has 0 unspecified atom stereocenters. The molecule has 7 nitrogen and oxygen atoms in total. The first-order valence-electron chi connectivity index (χ1n) is 12.2. The molecule has 0 aliphatic rings. The summed E-state index contributed by atoms with van der Waals surface area (Å²) in [7, 11) is -4.07. The molecule has 1 N–H and O–H groups in total. The number of amides is 2. The van der Waals surface area contributed by atoms with E-state index in [9.17, 15) is 18.0 Å². The number of likely N-dealkylation sites (N-methyl/N-ethyl adjacent to an activating group) is 1. The van der Waals surface area contributed by atoms with E-state index in [1.54, 1.807) is 68.4 Å². The molecule has 1 atom stereocenters. The van der Waals surface area contributed by atoms with Crippen LogP contribution in [0.2, 0.25) is 5.02 Å². The molecule has 0 aromatic heterocycles. The van der Waals surface area contributed by atoms with Crippen molar-refractivity contribution in [2.75, 3.05) is 17.4 Å². The van der Waals surface area contributed by atoms with E-state index >= 15 is 0 Å². The average molecular weight is 542 g/mol. The highest BCUT2D eigenvalue weighted by molar-refractivity contribution is 7.92. The van der Waals surface area contributed by atoms with Crippen LogP contribution in [0.1, 0.15) is 31.9 Å². The molecule has 0 aliphatic carbocycles. The molecule has 0 saturated carbocycles. The summed E-state index contributed by atoms with van der Waals surface area (Å²) in [5.74, 6) is -0.831. The Morgan fingerprint density at radius 3 is 2.05 bits per heavy atom. The summed E-state index contributed by atoms with van der Waals surface area (Å²) in [5.41, 5.74) is 2.17. The second kappa shape index (κ2) is 12.7. The van der Waals surface area contributed by atoms with Crippen molar-refractivity contribution >= 4 is 39.1 Å². The molecular weight excluding hydrogens is 510 g/mol. The molecule has 2 amide bonds. The Labute approximate surface area is 224 Å². The second-order valence-electron chi connectivity index (χ2n) is 8.56. The van der Waals surface area contributed by atoms with Crippen LogP contribution >= 0.6 is 11.6 Å². The monoisotopic (exact) mass is 541 g/mol. The van der Waals surface area contributed by atoms with E-state index in [1.165, 1.54) is 17.0 Å². The Balaban J connectivity index is 2.01. The Morgan fingerprint density at radius 2 is 1.49 bits per heavy atom. The molecule has 0 saturated heterocycles. The highest BCUT2D eigenvalue weighted by Gasteiger charge is 2.32. The normalized spacial score (nSPS) is 12.0. The predicted octanol–water partition coefficient (Wildman–Crippen LogP) is 4.65. The van der Waals surface area contributed by atoms with Gasteiger partial charge in [-0.3, -0.25) is 13.9 Å². The summed E-state index contributed by atoms with van der Waals surface area (Å²) in [6.45, 7) is 5.48. The zero-order chi connectivity index (χ0) is 27.0. The van der Waals surface area contributed by atoms with E-state index in [-0.39, 0.29) is 17.3 Å². The quantitative estimate of drug-likeness (QED) is 0.383. The van der Waals surface area contributed by atoms with Gasteiger partial charge >= 0.3 is 0 Å². The fraction of sp³-hybridized carbons (Fsp3) is 0.286. The van der Waals surface area contributed by atoms with Crippen molar-refractivity contribution < 1.29 is 18.0 Å². The van der Waals surface area contributed by atoms with Gasteiger partial charge in [-0.15, -0.1) is 0 Å². The van der Waals surface area contributed by atoms with Crippen LogP contribution in [0.25, 0.3) is 0 Å². The Kier molecular flexibility index (Phi) is 9.72. The number of sulfonamides is 1. The van der Waals surface area contributed by atoms with Crippen molar-refractivity contribution in [3.63, 3.8) is 0 Å². The summed E-state index contributed by atoms with van der Waals surface area (Å²) in [5, 5.41) is 3.29. The van der Waals surface area contributed by atoms with E-state index in [4.69, 9.17) is 11.6 Å². The zero-order valence-corrected chi connectivity index (χ0v) is 22.8. The molecule has 0 aliphatic heterocycles. The number of nitrogens with zero attached hydrogens (tertiary/aromatic N) is 2. The van der Waals surface area contributed by atoms with Crippen molar-refractivity contribution in [2.45, 2.75) is 44.7 Å². The molecule has 196 valence electrons. The van der Waals surface area contributed by atoms with Gasteiger partial charge in [-0.25, -0.2) is 8.42 Å². The van der Waals surface area contributed by atoms with Gasteiger partial charge in [-0.1, -0.05) is 61.0 Å². The SMILES string of the molecule is CCNC(=O)[C@@H](C)N(Cc1ccc(Cl)cc1)C(=O)CN(c1ccc(CC)cc1)S(=O)(=O)c1ccccc1. The number of anilines is 1. The minimum Gasteiger partial charge on any atom is -0.355 e. The van der Waals surface area contributed by atoms with Crippen LogP contribution < -0.4 is 9.62 Å². The van der Waals surface area contributed by atoms with Crippen molar-refractivity contribution in [3.05, 3.63) is 95.0 Å². The van der Waals surface area contributed by atoms with Gasteiger partial charge in [0.15, 0.2) is 0 Å². The van der Waals surface area contributed by atoms with Gasteiger partial charge in [0.2, 0.25) is 11.8 Å². The van der Waals surface area contributed by atoms with Crippen LogP contribution in [-0.2, 0) is 32.6 Å². The molecule has 3 aromatic carbocycles. The Bertz CT molecular complexity index is 1300. The number of carbonyl (C=O) groups excluding carboxylic acids is 2. The van der Waals surface area contributed by atoms with E-state index in [0.29, 0.717) is 17.3 Å². The first kappa shape index (κ1) is 28.2. The number of benzene rings is 3. The molecule has 37 heavy (non-hydrogen) atoms. The maximum atomic E-state index is 13.8. The summed E-state index contributed by atoms with van der Waals surface area (Å²) in [6.07, 6.45) is 0.795. The molecule has 0 heterocycles. The standard InChI is InChI=1S/C28H32ClN3O4S/c1-4-22-13-17-25(18-14-22)32(37(35,36)26-9-7-6-8-10-26)20-27(33)31(21(3)28(34)30-5-2)19-23-11-15-24(29)16-12-23/h6-18,21H,4-5,19-20H2,1-3H3,(H,30,34)/t21-/m1/s1. The number of aryl methyl sites for hydroxylation is 1. The highest BCUT2D eigenvalue weighted by atomic mass is 35.5. The zero-order valence-electron chi connectivity index (χ0n) is 21.2.